The van der Waals surface area contributed by atoms with Crippen molar-refractivity contribution in [3.8, 4) is 23.0 Å². The molecule has 0 spiro atoms. The summed E-state index contributed by atoms with van der Waals surface area (Å²) in [6.07, 6.45) is 4.05. The van der Waals surface area contributed by atoms with Crippen LogP contribution in [0.25, 0.3) is 10.8 Å². The van der Waals surface area contributed by atoms with Gasteiger partial charge in [-0.25, -0.2) is 4.79 Å². The fraction of sp³-hybridized carbons (Fsp3) is 0.346. The van der Waals surface area contributed by atoms with Gasteiger partial charge in [0, 0.05) is 5.56 Å². The van der Waals surface area contributed by atoms with E-state index in [1.54, 1.807) is 20.3 Å². The highest BCUT2D eigenvalue weighted by atomic mass is 16.5. The molecule has 0 bridgehead atoms. The predicted molar refractivity (Wildman–Crippen MR) is 125 cm³/mol. The fourth-order valence-electron chi connectivity index (χ4n) is 3.81. The summed E-state index contributed by atoms with van der Waals surface area (Å²) in [5.41, 5.74) is 1.71. The second kappa shape index (κ2) is 10.8. The van der Waals surface area contributed by atoms with E-state index in [1.807, 2.05) is 19.1 Å². The number of aromatic hydroxyl groups is 1. The van der Waals surface area contributed by atoms with Crippen molar-refractivity contribution < 1.29 is 29.2 Å². The Bertz CT molecular complexity index is 1090. The molecule has 6 nitrogen and oxygen atoms in total. The van der Waals surface area contributed by atoms with Crippen molar-refractivity contribution in [2.75, 3.05) is 20.8 Å². The predicted octanol–water partition coefficient (Wildman–Crippen LogP) is 5.62. The minimum Gasteiger partial charge on any atom is -0.507 e. The zero-order chi connectivity index (χ0) is 23.1. The fourth-order valence-corrected chi connectivity index (χ4v) is 3.81. The van der Waals surface area contributed by atoms with Crippen LogP contribution in [0.2, 0.25) is 0 Å². The molecular formula is C26H30O6. The van der Waals surface area contributed by atoms with Crippen LogP contribution < -0.4 is 14.2 Å². The Labute approximate surface area is 188 Å². The zero-order valence-electron chi connectivity index (χ0n) is 18.8. The van der Waals surface area contributed by atoms with Crippen LogP contribution in [0.5, 0.6) is 23.0 Å². The Kier molecular flexibility index (Phi) is 7.82. The number of carboxylic acids is 1. The number of ether oxygens (including phenoxy) is 3. The second-order valence-corrected chi connectivity index (χ2v) is 7.69. The third-order valence-corrected chi connectivity index (χ3v) is 5.49. The van der Waals surface area contributed by atoms with Crippen LogP contribution in [0.15, 0.2) is 42.5 Å². The molecule has 0 unspecified atom stereocenters. The van der Waals surface area contributed by atoms with Crippen LogP contribution in [0.3, 0.4) is 0 Å². The average Bonchev–Trinajstić information content (AvgIpc) is 2.79. The lowest BCUT2D eigenvalue weighted by molar-refractivity contribution is 0.0693. The van der Waals surface area contributed by atoms with Gasteiger partial charge in [0.2, 0.25) is 0 Å². The van der Waals surface area contributed by atoms with Crippen LogP contribution in [0, 0.1) is 0 Å². The van der Waals surface area contributed by atoms with Crippen LogP contribution in [-0.4, -0.2) is 37.0 Å². The maximum Gasteiger partial charge on any atom is 0.339 e. The number of rotatable bonds is 11. The Morgan fingerprint density at radius 1 is 0.875 bits per heavy atom. The van der Waals surface area contributed by atoms with Gasteiger partial charge >= 0.3 is 5.97 Å². The van der Waals surface area contributed by atoms with E-state index in [-0.39, 0.29) is 11.3 Å². The van der Waals surface area contributed by atoms with Crippen molar-refractivity contribution in [3.05, 3.63) is 59.2 Å². The third kappa shape index (κ3) is 5.25. The molecule has 32 heavy (non-hydrogen) atoms. The van der Waals surface area contributed by atoms with Gasteiger partial charge in [0.25, 0.3) is 0 Å². The van der Waals surface area contributed by atoms with Crippen LogP contribution in [0.4, 0.5) is 0 Å². The lowest BCUT2D eigenvalue weighted by Crippen LogP contribution is -2.04. The molecule has 0 saturated heterocycles. The standard InChI is InChI=1S/C26H30O6/c1-4-7-20-22(12-11-21(25(20)27)26(28)29)32-13-6-5-8-17-9-10-18-15-23(30-2)24(31-3)16-19(18)14-17/h9-12,14-16,27H,4-8,13H2,1-3H3,(H,28,29). The van der Waals surface area contributed by atoms with E-state index in [0.717, 1.165) is 42.2 Å². The molecule has 3 rings (SSSR count). The molecule has 6 heteroatoms. The number of carboxylic acid groups (broad SMARTS) is 1. The summed E-state index contributed by atoms with van der Waals surface area (Å²) < 4.78 is 16.7. The minimum atomic E-state index is -1.14. The number of hydrogen-bond acceptors (Lipinski definition) is 5. The first-order valence-electron chi connectivity index (χ1n) is 10.8. The smallest absolute Gasteiger partial charge is 0.339 e. The molecular weight excluding hydrogens is 408 g/mol. The van der Waals surface area contributed by atoms with Crippen molar-refractivity contribution in [3.63, 3.8) is 0 Å². The second-order valence-electron chi connectivity index (χ2n) is 7.69. The molecule has 3 aromatic rings. The Hall–Kier alpha value is -3.41. The monoisotopic (exact) mass is 438 g/mol. The largest absolute Gasteiger partial charge is 0.507 e. The molecule has 3 aromatic carbocycles. The van der Waals surface area contributed by atoms with E-state index in [4.69, 9.17) is 14.2 Å². The molecule has 0 aliphatic rings. The SMILES string of the molecule is CCCc1c(OCCCCc2ccc3cc(OC)c(OC)cc3c2)ccc(C(=O)O)c1O. The van der Waals surface area contributed by atoms with Crippen LogP contribution in [-0.2, 0) is 12.8 Å². The van der Waals surface area contributed by atoms with Crippen molar-refractivity contribution in [1.29, 1.82) is 0 Å². The van der Waals surface area contributed by atoms with Crippen LogP contribution in [0.1, 0.15) is 47.7 Å². The van der Waals surface area contributed by atoms with Gasteiger partial charge < -0.3 is 24.4 Å². The molecule has 0 fully saturated rings. The Morgan fingerprint density at radius 2 is 1.59 bits per heavy atom. The summed E-state index contributed by atoms with van der Waals surface area (Å²) in [5, 5.41) is 21.7. The van der Waals surface area contributed by atoms with E-state index in [9.17, 15) is 15.0 Å². The molecule has 0 aromatic heterocycles. The minimum absolute atomic E-state index is 0.0913. The van der Waals surface area contributed by atoms with Gasteiger partial charge in [0.1, 0.15) is 17.1 Å². The highest BCUT2D eigenvalue weighted by Gasteiger charge is 2.17. The normalized spacial score (nSPS) is 10.8. The topological polar surface area (TPSA) is 85.2 Å². The van der Waals surface area contributed by atoms with Gasteiger partial charge in [-0.05, 0) is 66.3 Å². The summed E-state index contributed by atoms with van der Waals surface area (Å²) in [6.45, 7) is 2.48. The van der Waals surface area contributed by atoms with E-state index in [1.165, 1.54) is 11.6 Å². The number of benzene rings is 3. The quantitative estimate of drug-likeness (QED) is 0.378. The summed E-state index contributed by atoms with van der Waals surface area (Å²) in [6, 6.07) is 13.4. The first kappa shape index (κ1) is 23.3. The summed E-state index contributed by atoms with van der Waals surface area (Å²) >= 11 is 0. The highest BCUT2D eigenvalue weighted by Crippen LogP contribution is 2.34. The van der Waals surface area contributed by atoms with E-state index >= 15 is 0 Å². The number of methoxy groups -OCH3 is 2. The molecule has 0 saturated carbocycles. The summed E-state index contributed by atoms with van der Waals surface area (Å²) in [4.78, 5) is 11.3. The number of carbonyl (C=O) groups is 1. The summed E-state index contributed by atoms with van der Waals surface area (Å²) in [5.74, 6) is 0.652. The molecule has 0 radical (unpaired) electrons. The van der Waals surface area contributed by atoms with Gasteiger partial charge in [-0.1, -0.05) is 31.5 Å². The van der Waals surface area contributed by atoms with Gasteiger partial charge in [0.15, 0.2) is 11.5 Å². The van der Waals surface area contributed by atoms with Gasteiger partial charge in [-0.3, -0.25) is 0 Å². The number of aromatic carboxylic acids is 1. The molecule has 0 aliphatic heterocycles. The van der Waals surface area contributed by atoms with E-state index in [2.05, 4.69) is 18.2 Å². The van der Waals surface area contributed by atoms with E-state index in [0.29, 0.717) is 30.1 Å². The van der Waals surface area contributed by atoms with Gasteiger partial charge in [0.05, 0.1) is 20.8 Å². The van der Waals surface area contributed by atoms with Crippen LogP contribution >= 0.6 is 0 Å². The summed E-state index contributed by atoms with van der Waals surface area (Å²) in [7, 11) is 3.27. The van der Waals surface area contributed by atoms with Crippen molar-refractivity contribution in [1.82, 2.24) is 0 Å². The Morgan fingerprint density at radius 3 is 2.25 bits per heavy atom. The maximum atomic E-state index is 11.3. The lowest BCUT2D eigenvalue weighted by atomic mass is 10.0. The number of aryl methyl sites for hydroxylation is 1. The number of fused-ring (bicyclic) bond motifs is 1. The molecule has 0 heterocycles. The van der Waals surface area contributed by atoms with Crippen molar-refractivity contribution >= 4 is 16.7 Å². The average molecular weight is 439 g/mol. The van der Waals surface area contributed by atoms with Gasteiger partial charge in [-0.2, -0.15) is 0 Å². The molecule has 0 aliphatic carbocycles. The van der Waals surface area contributed by atoms with Crippen molar-refractivity contribution in [2.24, 2.45) is 0 Å². The molecule has 0 amide bonds. The first-order chi connectivity index (χ1) is 15.5. The number of unbranched alkanes of at least 4 members (excludes halogenated alkanes) is 1. The number of hydrogen-bond donors (Lipinski definition) is 2. The van der Waals surface area contributed by atoms with E-state index < -0.39 is 5.97 Å². The lowest BCUT2D eigenvalue weighted by Gasteiger charge is -2.14. The zero-order valence-corrected chi connectivity index (χ0v) is 18.8. The van der Waals surface area contributed by atoms with Crippen molar-refractivity contribution in [2.45, 2.75) is 39.0 Å². The van der Waals surface area contributed by atoms with Gasteiger partial charge in [-0.15, -0.1) is 0 Å². The molecule has 2 N–H and O–H groups in total. The highest BCUT2D eigenvalue weighted by molar-refractivity contribution is 5.91. The molecule has 170 valence electrons. The molecule has 0 atom stereocenters. The third-order valence-electron chi connectivity index (χ3n) is 5.49. The number of phenols is 1. The first-order valence-corrected chi connectivity index (χ1v) is 10.8. The Balaban J connectivity index is 1.59. The maximum absolute atomic E-state index is 11.3.